The summed E-state index contributed by atoms with van der Waals surface area (Å²) in [7, 11) is -3.82. The van der Waals surface area contributed by atoms with Crippen molar-refractivity contribution in [1.82, 2.24) is 0 Å². The van der Waals surface area contributed by atoms with Gasteiger partial charge in [-0.25, -0.2) is 0 Å². The lowest BCUT2D eigenvalue weighted by Gasteiger charge is -2.42. The smallest absolute Gasteiger partial charge is 0.200 e. The summed E-state index contributed by atoms with van der Waals surface area (Å²) >= 11 is 0. The van der Waals surface area contributed by atoms with Crippen LogP contribution in [0.1, 0.15) is 109 Å². The van der Waals surface area contributed by atoms with Gasteiger partial charge in [0.15, 0.2) is 16.6 Å². The third-order valence-corrected chi connectivity index (χ3v) is 20.0. The molecule has 0 aromatic carbocycles. The molecule has 0 spiro atoms. The van der Waals surface area contributed by atoms with Crippen molar-refractivity contribution in [2.75, 3.05) is 13.2 Å². The molecule has 0 aromatic rings. The molecular formula is C26H56N2O4Si2. The fourth-order valence-corrected chi connectivity index (χ4v) is 17.5. The third kappa shape index (κ3) is 8.17. The van der Waals surface area contributed by atoms with Gasteiger partial charge in [0.2, 0.25) is 0 Å². The normalized spacial score (nSPS) is 14.6. The van der Waals surface area contributed by atoms with E-state index in [1.165, 1.54) is 0 Å². The molecule has 0 aliphatic rings. The van der Waals surface area contributed by atoms with Crippen molar-refractivity contribution < 1.29 is 19.3 Å². The highest BCUT2D eigenvalue weighted by Crippen LogP contribution is 2.43. The summed E-state index contributed by atoms with van der Waals surface area (Å²) in [6.45, 7) is 28.6. The topological polar surface area (TPSA) is 83.6 Å². The van der Waals surface area contributed by atoms with Crippen LogP contribution >= 0.6 is 0 Å². The first-order valence-electron chi connectivity index (χ1n) is 13.5. The van der Waals surface area contributed by atoms with Crippen molar-refractivity contribution in [3.63, 3.8) is 0 Å². The van der Waals surface area contributed by atoms with Gasteiger partial charge < -0.3 is 19.3 Å². The van der Waals surface area contributed by atoms with Crippen LogP contribution in [0.3, 0.4) is 0 Å². The summed E-state index contributed by atoms with van der Waals surface area (Å²) in [5.41, 5.74) is 4.08. The number of oxime groups is 2. The van der Waals surface area contributed by atoms with Crippen molar-refractivity contribution >= 4 is 28.1 Å². The molecule has 0 atom stereocenters. The molecule has 0 aromatic heterocycles. The monoisotopic (exact) mass is 516 g/mol. The second-order valence-electron chi connectivity index (χ2n) is 11.6. The largest absolute Gasteiger partial charge is 0.416 e. The SMILES string of the molecule is CC(C)[Si](OCCCC(=N/O)/C(CCCO[Si](C(C)C)(C(C)C)C(C)C)=N/O)(C(C)C)C(C)C. The fourth-order valence-electron chi connectivity index (χ4n) is 6.48. The molecule has 0 saturated heterocycles. The Bertz CT molecular complexity index is 535. The molecule has 0 bridgehead atoms. The Hall–Kier alpha value is -0.706. The lowest BCUT2D eigenvalue weighted by Crippen LogP contribution is -2.48. The molecule has 0 heterocycles. The highest BCUT2D eigenvalue weighted by atomic mass is 28.4. The average Bonchev–Trinajstić information content (AvgIpc) is 2.72. The van der Waals surface area contributed by atoms with Crippen LogP contribution in [-0.2, 0) is 8.85 Å². The van der Waals surface area contributed by atoms with Crippen LogP contribution in [0.15, 0.2) is 10.3 Å². The zero-order valence-corrected chi connectivity index (χ0v) is 26.3. The zero-order valence-electron chi connectivity index (χ0n) is 24.3. The first kappa shape index (κ1) is 33.3. The number of rotatable bonds is 17. The molecule has 0 fully saturated rings. The molecule has 34 heavy (non-hydrogen) atoms. The Morgan fingerprint density at radius 2 is 0.765 bits per heavy atom. The summed E-state index contributed by atoms with van der Waals surface area (Å²) in [5, 5.41) is 26.1. The Kier molecular flexibility index (Phi) is 15.1. The zero-order chi connectivity index (χ0) is 26.7. The van der Waals surface area contributed by atoms with E-state index in [1.54, 1.807) is 0 Å². The van der Waals surface area contributed by atoms with E-state index in [2.05, 4.69) is 93.4 Å². The van der Waals surface area contributed by atoms with E-state index in [0.717, 1.165) is 12.8 Å². The summed E-state index contributed by atoms with van der Waals surface area (Å²) in [5.74, 6) is 0. The predicted octanol–water partition coefficient (Wildman–Crippen LogP) is 8.59. The molecule has 0 rings (SSSR count). The summed E-state index contributed by atoms with van der Waals surface area (Å²) < 4.78 is 13.2. The van der Waals surface area contributed by atoms with Crippen LogP contribution in [0.5, 0.6) is 0 Å². The highest BCUT2D eigenvalue weighted by molar-refractivity contribution is 6.78. The van der Waals surface area contributed by atoms with Gasteiger partial charge in [0.1, 0.15) is 11.4 Å². The van der Waals surface area contributed by atoms with Gasteiger partial charge in [-0.1, -0.05) is 93.4 Å². The Morgan fingerprint density at radius 1 is 0.529 bits per heavy atom. The van der Waals surface area contributed by atoms with Crippen molar-refractivity contribution in [2.24, 2.45) is 10.3 Å². The minimum atomic E-state index is -1.91. The highest BCUT2D eigenvalue weighted by Gasteiger charge is 2.45. The maximum absolute atomic E-state index is 9.60. The summed E-state index contributed by atoms with van der Waals surface area (Å²) in [6.07, 6.45) is 2.52. The minimum absolute atomic E-state index is 0.442. The first-order valence-corrected chi connectivity index (χ1v) is 17.7. The Labute approximate surface area is 212 Å². The predicted molar refractivity (Wildman–Crippen MR) is 151 cm³/mol. The molecule has 0 radical (unpaired) electrons. The van der Waals surface area contributed by atoms with Gasteiger partial charge in [0.05, 0.1) is 0 Å². The van der Waals surface area contributed by atoms with Crippen LogP contribution in [-0.4, -0.2) is 51.7 Å². The standard InChI is InChI=1S/C26H56N2O4Si2/c1-19(2)33(20(3)4,21(5)6)31-17-13-15-25(27-29)26(28-30)16-14-18-32-34(22(7)8,23(9)10)24(11)12/h19-24,29-30H,13-18H2,1-12H3/b27-25-,28-26+. The summed E-state index contributed by atoms with van der Waals surface area (Å²) in [6, 6.07) is 0. The molecule has 202 valence electrons. The van der Waals surface area contributed by atoms with Gasteiger partial charge >= 0.3 is 0 Å². The Morgan fingerprint density at radius 3 is 0.941 bits per heavy atom. The van der Waals surface area contributed by atoms with E-state index in [9.17, 15) is 10.4 Å². The maximum Gasteiger partial charge on any atom is 0.200 e. The van der Waals surface area contributed by atoms with E-state index in [-0.39, 0.29) is 0 Å². The second-order valence-corrected chi connectivity index (χ2v) is 22.6. The van der Waals surface area contributed by atoms with Crippen LogP contribution in [0.25, 0.3) is 0 Å². The molecule has 0 saturated carbocycles. The molecule has 0 unspecified atom stereocenters. The average molecular weight is 517 g/mol. The maximum atomic E-state index is 9.60. The van der Waals surface area contributed by atoms with E-state index < -0.39 is 16.6 Å². The fraction of sp³-hybridized carbons (Fsp3) is 0.923. The van der Waals surface area contributed by atoms with Gasteiger partial charge in [0.25, 0.3) is 0 Å². The quantitative estimate of drug-likeness (QED) is 0.0666. The third-order valence-electron chi connectivity index (χ3n) is 7.81. The molecule has 8 heteroatoms. The molecule has 0 amide bonds. The van der Waals surface area contributed by atoms with Crippen LogP contribution in [0, 0.1) is 0 Å². The van der Waals surface area contributed by atoms with Gasteiger partial charge in [-0.15, -0.1) is 0 Å². The molecule has 0 aliphatic carbocycles. The second kappa shape index (κ2) is 15.4. The number of hydrogen-bond acceptors (Lipinski definition) is 6. The van der Waals surface area contributed by atoms with Crippen LogP contribution < -0.4 is 0 Å². The van der Waals surface area contributed by atoms with Gasteiger partial charge in [-0.3, -0.25) is 0 Å². The van der Waals surface area contributed by atoms with E-state index >= 15 is 0 Å². The minimum Gasteiger partial charge on any atom is -0.416 e. The molecular weight excluding hydrogens is 460 g/mol. The van der Waals surface area contributed by atoms with E-state index in [1.807, 2.05) is 0 Å². The number of hydrogen-bond donors (Lipinski definition) is 2. The van der Waals surface area contributed by atoms with Gasteiger partial charge in [0, 0.05) is 13.2 Å². The Balaban J connectivity index is 4.96. The molecule has 6 nitrogen and oxygen atoms in total. The summed E-state index contributed by atoms with van der Waals surface area (Å²) in [4.78, 5) is 0. The van der Waals surface area contributed by atoms with Gasteiger partial charge in [-0.2, -0.15) is 0 Å². The van der Waals surface area contributed by atoms with Crippen LogP contribution in [0.2, 0.25) is 33.2 Å². The van der Waals surface area contributed by atoms with E-state index in [0.29, 0.717) is 70.7 Å². The van der Waals surface area contributed by atoms with E-state index in [4.69, 9.17) is 8.85 Å². The lowest BCUT2D eigenvalue weighted by molar-refractivity contribution is 0.271. The first-order chi connectivity index (χ1) is 15.7. The molecule has 2 N–H and O–H groups in total. The van der Waals surface area contributed by atoms with Crippen molar-refractivity contribution in [3.8, 4) is 0 Å². The van der Waals surface area contributed by atoms with Crippen molar-refractivity contribution in [1.29, 1.82) is 0 Å². The van der Waals surface area contributed by atoms with Crippen LogP contribution in [0.4, 0.5) is 0 Å². The van der Waals surface area contributed by atoms with Gasteiger partial charge in [-0.05, 0) is 58.9 Å². The van der Waals surface area contributed by atoms with Crippen molar-refractivity contribution in [2.45, 2.75) is 142 Å². The lowest BCUT2D eigenvalue weighted by atomic mass is 10.1. The number of nitrogens with zero attached hydrogens (tertiary/aromatic N) is 2. The molecule has 0 aliphatic heterocycles. The van der Waals surface area contributed by atoms with Crippen molar-refractivity contribution in [3.05, 3.63) is 0 Å².